The molecule has 0 radical (unpaired) electrons. The van der Waals surface area contributed by atoms with Gasteiger partial charge in [-0.25, -0.2) is 4.98 Å². The molecule has 1 fully saturated rings. The molecule has 0 bridgehead atoms. The van der Waals surface area contributed by atoms with Crippen molar-refractivity contribution >= 4 is 39.9 Å². The van der Waals surface area contributed by atoms with Crippen LogP contribution in [0.3, 0.4) is 0 Å². The number of benzene rings is 2. The van der Waals surface area contributed by atoms with Crippen LogP contribution in [0, 0.1) is 13.8 Å². The summed E-state index contributed by atoms with van der Waals surface area (Å²) in [4.78, 5) is 41.8. The van der Waals surface area contributed by atoms with Crippen LogP contribution in [0.4, 0.5) is 10.8 Å². The van der Waals surface area contributed by atoms with Gasteiger partial charge in [-0.05, 0) is 55.3 Å². The van der Waals surface area contributed by atoms with E-state index in [-0.39, 0.29) is 30.6 Å². The molecule has 0 spiro atoms. The van der Waals surface area contributed by atoms with Gasteiger partial charge in [0.2, 0.25) is 11.8 Å². The molecule has 1 saturated heterocycles. The predicted octanol–water partition coefficient (Wildman–Crippen LogP) is 4.33. The van der Waals surface area contributed by atoms with Gasteiger partial charge in [0.25, 0.3) is 5.91 Å². The second-order valence-electron chi connectivity index (χ2n) is 6.96. The molecule has 1 aliphatic rings. The SMILES string of the molecule is Cc1ccc(-c2csc(NC(=O)c3ccc(N4C(=O)CCC4=O)cc3)n2)cc1C. The summed E-state index contributed by atoms with van der Waals surface area (Å²) in [6, 6.07) is 12.6. The van der Waals surface area contributed by atoms with Crippen molar-refractivity contribution in [2.75, 3.05) is 10.2 Å². The Morgan fingerprint density at radius 2 is 1.69 bits per heavy atom. The van der Waals surface area contributed by atoms with Gasteiger partial charge in [-0.3, -0.25) is 24.6 Å². The number of anilines is 2. The molecule has 1 N–H and O–H groups in total. The van der Waals surface area contributed by atoms with Gasteiger partial charge >= 0.3 is 0 Å². The Bertz CT molecular complexity index is 1100. The van der Waals surface area contributed by atoms with Gasteiger partial charge in [0.05, 0.1) is 11.4 Å². The molecule has 146 valence electrons. The molecule has 4 rings (SSSR count). The smallest absolute Gasteiger partial charge is 0.257 e. The zero-order valence-corrected chi connectivity index (χ0v) is 16.9. The molecule has 29 heavy (non-hydrogen) atoms. The van der Waals surface area contributed by atoms with Crippen LogP contribution in [0.15, 0.2) is 47.8 Å². The molecule has 3 amide bonds. The lowest BCUT2D eigenvalue weighted by atomic mass is 10.1. The van der Waals surface area contributed by atoms with Crippen LogP contribution >= 0.6 is 11.3 Å². The fourth-order valence-corrected chi connectivity index (χ4v) is 3.87. The van der Waals surface area contributed by atoms with Crippen LogP contribution in [-0.4, -0.2) is 22.7 Å². The molecular formula is C22H19N3O3S. The first kappa shape index (κ1) is 19.0. The molecule has 1 aliphatic heterocycles. The molecule has 3 aromatic rings. The second-order valence-corrected chi connectivity index (χ2v) is 7.82. The normalized spacial score (nSPS) is 13.8. The maximum atomic E-state index is 12.5. The van der Waals surface area contributed by atoms with Crippen molar-refractivity contribution in [2.45, 2.75) is 26.7 Å². The zero-order chi connectivity index (χ0) is 20.5. The van der Waals surface area contributed by atoms with Gasteiger partial charge in [-0.1, -0.05) is 12.1 Å². The summed E-state index contributed by atoms with van der Waals surface area (Å²) in [6.45, 7) is 4.12. The highest BCUT2D eigenvalue weighted by atomic mass is 32.1. The average molecular weight is 405 g/mol. The van der Waals surface area contributed by atoms with Crippen LogP contribution in [0.1, 0.15) is 34.3 Å². The minimum atomic E-state index is -0.295. The Labute approximate surface area is 172 Å². The van der Waals surface area contributed by atoms with E-state index < -0.39 is 0 Å². The van der Waals surface area contributed by atoms with Crippen LogP contribution in [0.25, 0.3) is 11.3 Å². The molecule has 0 unspecified atom stereocenters. The molecule has 0 atom stereocenters. The zero-order valence-electron chi connectivity index (χ0n) is 16.1. The Balaban J connectivity index is 1.47. The van der Waals surface area contributed by atoms with Gasteiger partial charge < -0.3 is 0 Å². The van der Waals surface area contributed by atoms with Crippen molar-refractivity contribution in [3.63, 3.8) is 0 Å². The molecule has 2 heterocycles. The number of aromatic nitrogens is 1. The molecule has 1 aromatic heterocycles. The van der Waals surface area contributed by atoms with Gasteiger partial charge in [0, 0.05) is 29.3 Å². The van der Waals surface area contributed by atoms with Crippen molar-refractivity contribution in [3.05, 3.63) is 64.5 Å². The molecule has 2 aromatic carbocycles. The van der Waals surface area contributed by atoms with Crippen LogP contribution in [0.2, 0.25) is 0 Å². The summed E-state index contributed by atoms with van der Waals surface area (Å²) in [5.41, 5.74) is 5.15. The number of hydrogen-bond acceptors (Lipinski definition) is 5. The van der Waals surface area contributed by atoms with Gasteiger partial charge in [-0.15, -0.1) is 11.3 Å². The van der Waals surface area contributed by atoms with E-state index in [1.54, 1.807) is 24.3 Å². The third kappa shape index (κ3) is 3.82. The maximum absolute atomic E-state index is 12.5. The van der Waals surface area contributed by atoms with E-state index in [0.717, 1.165) is 11.3 Å². The van der Waals surface area contributed by atoms with Crippen LogP contribution in [0.5, 0.6) is 0 Å². The predicted molar refractivity (Wildman–Crippen MR) is 113 cm³/mol. The highest BCUT2D eigenvalue weighted by molar-refractivity contribution is 7.14. The summed E-state index contributed by atoms with van der Waals surface area (Å²) in [5.74, 6) is -0.723. The highest BCUT2D eigenvalue weighted by Crippen LogP contribution is 2.27. The van der Waals surface area contributed by atoms with Crippen LogP contribution < -0.4 is 10.2 Å². The number of imide groups is 1. The Kier molecular flexibility index (Phi) is 4.98. The number of hydrogen-bond donors (Lipinski definition) is 1. The lowest BCUT2D eigenvalue weighted by molar-refractivity contribution is -0.121. The first-order valence-electron chi connectivity index (χ1n) is 9.23. The number of carbonyl (C=O) groups is 3. The second kappa shape index (κ2) is 7.60. The highest BCUT2D eigenvalue weighted by Gasteiger charge is 2.30. The van der Waals surface area contributed by atoms with E-state index in [2.05, 4.69) is 36.3 Å². The van der Waals surface area contributed by atoms with Gasteiger partial charge in [0.15, 0.2) is 5.13 Å². The lowest BCUT2D eigenvalue weighted by Crippen LogP contribution is -2.28. The lowest BCUT2D eigenvalue weighted by Gasteiger charge is -2.13. The first-order valence-corrected chi connectivity index (χ1v) is 10.1. The Hall–Kier alpha value is -3.32. The van der Waals surface area contributed by atoms with E-state index in [9.17, 15) is 14.4 Å². The van der Waals surface area contributed by atoms with Crippen molar-refractivity contribution in [3.8, 4) is 11.3 Å². The summed E-state index contributed by atoms with van der Waals surface area (Å²) >= 11 is 1.36. The number of nitrogens with one attached hydrogen (secondary N) is 1. The Morgan fingerprint density at radius 1 is 1.00 bits per heavy atom. The third-order valence-electron chi connectivity index (χ3n) is 4.97. The minimum Gasteiger partial charge on any atom is -0.298 e. The van der Waals surface area contributed by atoms with E-state index in [4.69, 9.17) is 0 Å². The maximum Gasteiger partial charge on any atom is 0.257 e. The quantitative estimate of drug-likeness (QED) is 0.655. The van der Waals surface area contributed by atoms with E-state index >= 15 is 0 Å². The standard InChI is InChI=1S/C22H19N3O3S/c1-13-3-4-16(11-14(13)2)18-12-29-22(23-18)24-21(28)15-5-7-17(8-6-15)25-19(26)9-10-20(25)27/h3-8,11-12H,9-10H2,1-2H3,(H,23,24,28). The first-order chi connectivity index (χ1) is 13.9. The summed E-state index contributed by atoms with van der Waals surface area (Å²) in [6.07, 6.45) is 0.460. The fourth-order valence-electron chi connectivity index (χ4n) is 3.16. The molecule has 7 heteroatoms. The largest absolute Gasteiger partial charge is 0.298 e. The molecule has 0 saturated carbocycles. The van der Waals surface area contributed by atoms with Crippen molar-refractivity contribution in [1.82, 2.24) is 4.98 Å². The average Bonchev–Trinajstić information content (AvgIpc) is 3.30. The fraction of sp³-hybridized carbons (Fsp3) is 0.182. The Morgan fingerprint density at radius 3 is 2.34 bits per heavy atom. The molecule has 0 aliphatic carbocycles. The topological polar surface area (TPSA) is 79.4 Å². The number of carbonyl (C=O) groups excluding carboxylic acids is 3. The molecular weight excluding hydrogens is 386 g/mol. The monoisotopic (exact) mass is 405 g/mol. The van der Waals surface area contributed by atoms with E-state index in [1.807, 2.05) is 11.4 Å². The number of amides is 3. The van der Waals surface area contributed by atoms with Gasteiger partial charge in [0.1, 0.15) is 0 Å². The number of nitrogens with zero attached hydrogens (tertiary/aromatic N) is 2. The molecule has 6 nitrogen and oxygen atoms in total. The number of rotatable bonds is 4. The summed E-state index contributed by atoms with van der Waals surface area (Å²) < 4.78 is 0. The van der Waals surface area contributed by atoms with E-state index in [1.165, 1.54) is 27.4 Å². The van der Waals surface area contributed by atoms with Crippen molar-refractivity contribution in [1.29, 1.82) is 0 Å². The summed E-state index contributed by atoms with van der Waals surface area (Å²) in [5, 5.41) is 5.22. The van der Waals surface area contributed by atoms with Crippen molar-refractivity contribution in [2.24, 2.45) is 0 Å². The summed E-state index contributed by atoms with van der Waals surface area (Å²) in [7, 11) is 0. The number of aryl methyl sites for hydroxylation is 2. The number of thiazole rings is 1. The van der Waals surface area contributed by atoms with Crippen molar-refractivity contribution < 1.29 is 14.4 Å². The minimum absolute atomic E-state index is 0.214. The van der Waals surface area contributed by atoms with E-state index in [0.29, 0.717) is 16.4 Å². The third-order valence-corrected chi connectivity index (χ3v) is 5.72. The van der Waals surface area contributed by atoms with Gasteiger partial charge in [-0.2, -0.15) is 0 Å². The van der Waals surface area contributed by atoms with Crippen LogP contribution in [-0.2, 0) is 9.59 Å².